The van der Waals surface area contributed by atoms with E-state index < -0.39 is 0 Å². The lowest BCUT2D eigenvalue weighted by molar-refractivity contribution is 0.598. The van der Waals surface area contributed by atoms with Gasteiger partial charge in [0.15, 0.2) is 0 Å². The summed E-state index contributed by atoms with van der Waals surface area (Å²) in [6.07, 6.45) is 4.94. The average Bonchev–Trinajstić information content (AvgIpc) is 2.09. The summed E-state index contributed by atoms with van der Waals surface area (Å²) in [6.45, 7) is 11.1. The molecule has 0 saturated carbocycles. The first kappa shape index (κ1) is 13.7. The van der Waals surface area contributed by atoms with Crippen molar-refractivity contribution >= 4 is 0 Å². The Morgan fingerprint density at radius 1 is 1.21 bits per heavy atom. The topological polar surface area (TPSA) is 26.0 Å². The predicted octanol–water partition coefficient (Wildman–Crippen LogP) is 3.89. The Kier molecular flexibility index (Phi) is 6.90. The Bertz CT molecular complexity index is 178. The highest BCUT2D eigenvalue weighted by molar-refractivity contribution is 5.17. The maximum absolute atomic E-state index is 6.00. The highest BCUT2D eigenvalue weighted by atomic mass is 14.6. The van der Waals surface area contributed by atoms with Crippen molar-refractivity contribution in [3.05, 3.63) is 11.1 Å². The molecule has 0 aromatic rings. The molecular formula is C13H27N. The molecule has 1 nitrogen and oxygen atoms in total. The summed E-state index contributed by atoms with van der Waals surface area (Å²) < 4.78 is 0. The standard InChI is InChI=1S/C13H27N/c1-6-7-8-11(4)13(12(5)14)9-10(2)3/h10,12H,6-9,14H2,1-5H3/b13-11+. The Hall–Kier alpha value is -0.300. The van der Waals surface area contributed by atoms with Crippen LogP contribution in [-0.4, -0.2) is 6.04 Å². The fourth-order valence-corrected chi connectivity index (χ4v) is 1.79. The van der Waals surface area contributed by atoms with Crippen LogP contribution in [0.3, 0.4) is 0 Å². The molecule has 0 heterocycles. The Morgan fingerprint density at radius 3 is 2.14 bits per heavy atom. The van der Waals surface area contributed by atoms with Crippen molar-refractivity contribution in [2.45, 2.75) is 66.3 Å². The number of nitrogens with two attached hydrogens (primary N) is 1. The third-order valence-electron chi connectivity index (χ3n) is 2.63. The van der Waals surface area contributed by atoms with Crippen LogP contribution in [-0.2, 0) is 0 Å². The molecule has 0 aromatic carbocycles. The second-order valence-corrected chi connectivity index (χ2v) is 4.80. The molecule has 0 fully saturated rings. The van der Waals surface area contributed by atoms with Crippen LogP contribution in [0.1, 0.15) is 60.3 Å². The first-order valence-electron chi connectivity index (χ1n) is 5.93. The molecule has 0 bridgehead atoms. The number of allylic oxidation sites excluding steroid dienone is 1. The molecule has 84 valence electrons. The summed E-state index contributed by atoms with van der Waals surface area (Å²) in [4.78, 5) is 0. The van der Waals surface area contributed by atoms with E-state index in [0.717, 1.165) is 6.42 Å². The molecule has 0 aromatic heterocycles. The minimum Gasteiger partial charge on any atom is -0.324 e. The van der Waals surface area contributed by atoms with Crippen molar-refractivity contribution in [2.24, 2.45) is 11.7 Å². The van der Waals surface area contributed by atoms with Gasteiger partial charge in [-0.05, 0) is 39.0 Å². The molecular weight excluding hydrogens is 170 g/mol. The van der Waals surface area contributed by atoms with Gasteiger partial charge in [-0.2, -0.15) is 0 Å². The molecule has 0 radical (unpaired) electrons. The maximum atomic E-state index is 6.00. The molecule has 2 N–H and O–H groups in total. The molecule has 1 unspecified atom stereocenters. The molecule has 14 heavy (non-hydrogen) atoms. The zero-order valence-electron chi connectivity index (χ0n) is 10.6. The van der Waals surface area contributed by atoms with Gasteiger partial charge in [0.25, 0.3) is 0 Å². The summed E-state index contributed by atoms with van der Waals surface area (Å²) in [5, 5.41) is 0. The lowest BCUT2D eigenvalue weighted by atomic mass is 9.92. The van der Waals surface area contributed by atoms with E-state index in [1.54, 1.807) is 0 Å². The Morgan fingerprint density at radius 2 is 1.79 bits per heavy atom. The lowest BCUT2D eigenvalue weighted by Crippen LogP contribution is -2.20. The van der Waals surface area contributed by atoms with Crippen LogP contribution in [0.5, 0.6) is 0 Å². The smallest absolute Gasteiger partial charge is 0.0227 e. The molecule has 0 rings (SSSR count). The monoisotopic (exact) mass is 197 g/mol. The fraction of sp³-hybridized carbons (Fsp3) is 0.846. The minimum atomic E-state index is 0.231. The fourth-order valence-electron chi connectivity index (χ4n) is 1.79. The summed E-state index contributed by atoms with van der Waals surface area (Å²) in [7, 11) is 0. The highest BCUT2D eigenvalue weighted by Gasteiger charge is 2.09. The minimum absolute atomic E-state index is 0.231. The summed E-state index contributed by atoms with van der Waals surface area (Å²) in [5.41, 5.74) is 9.00. The summed E-state index contributed by atoms with van der Waals surface area (Å²) in [5.74, 6) is 0.715. The van der Waals surface area contributed by atoms with E-state index in [-0.39, 0.29) is 6.04 Å². The van der Waals surface area contributed by atoms with Gasteiger partial charge < -0.3 is 5.73 Å². The summed E-state index contributed by atoms with van der Waals surface area (Å²) in [6, 6.07) is 0.231. The van der Waals surface area contributed by atoms with Gasteiger partial charge in [0.1, 0.15) is 0 Å². The van der Waals surface area contributed by atoms with Crippen LogP contribution in [0, 0.1) is 5.92 Å². The molecule has 0 spiro atoms. The van der Waals surface area contributed by atoms with Crippen molar-refractivity contribution in [2.75, 3.05) is 0 Å². The van der Waals surface area contributed by atoms with Crippen molar-refractivity contribution in [1.82, 2.24) is 0 Å². The first-order chi connectivity index (χ1) is 6.49. The third-order valence-corrected chi connectivity index (χ3v) is 2.63. The maximum Gasteiger partial charge on any atom is 0.0227 e. The van der Waals surface area contributed by atoms with Crippen LogP contribution in [0.2, 0.25) is 0 Å². The molecule has 1 heteroatoms. The van der Waals surface area contributed by atoms with Crippen LogP contribution in [0.4, 0.5) is 0 Å². The van der Waals surface area contributed by atoms with Gasteiger partial charge in [0.05, 0.1) is 0 Å². The molecule has 0 aliphatic heterocycles. The Balaban J connectivity index is 4.42. The van der Waals surface area contributed by atoms with Crippen LogP contribution in [0.25, 0.3) is 0 Å². The molecule has 0 amide bonds. The first-order valence-corrected chi connectivity index (χ1v) is 5.93. The van der Waals surface area contributed by atoms with E-state index in [1.807, 2.05) is 0 Å². The third kappa shape index (κ3) is 5.43. The quantitative estimate of drug-likeness (QED) is 0.642. The van der Waals surface area contributed by atoms with Crippen LogP contribution in [0.15, 0.2) is 11.1 Å². The van der Waals surface area contributed by atoms with E-state index in [1.165, 1.54) is 30.4 Å². The van der Waals surface area contributed by atoms with E-state index in [0.29, 0.717) is 5.92 Å². The second kappa shape index (κ2) is 7.05. The van der Waals surface area contributed by atoms with Crippen LogP contribution >= 0.6 is 0 Å². The number of hydrogen-bond donors (Lipinski definition) is 1. The van der Waals surface area contributed by atoms with E-state index in [2.05, 4.69) is 34.6 Å². The molecule has 0 aliphatic carbocycles. The number of rotatable bonds is 6. The normalized spacial score (nSPS) is 15.6. The van der Waals surface area contributed by atoms with Crippen molar-refractivity contribution < 1.29 is 0 Å². The van der Waals surface area contributed by atoms with Gasteiger partial charge in [0, 0.05) is 6.04 Å². The highest BCUT2D eigenvalue weighted by Crippen LogP contribution is 2.21. The Labute approximate surface area is 89.8 Å². The average molecular weight is 197 g/mol. The lowest BCUT2D eigenvalue weighted by Gasteiger charge is -2.18. The second-order valence-electron chi connectivity index (χ2n) is 4.80. The van der Waals surface area contributed by atoms with Crippen molar-refractivity contribution in [1.29, 1.82) is 0 Å². The molecule has 0 saturated heterocycles. The van der Waals surface area contributed by atoms with Gasteiger partial charge in [-0.15, -0.1) is 0 Å². The largest absolute Gasteiger partial charge is 0.324 e. The summed E-state index contributed by atoms with van der Waals surface area (Å²) >= 11 is 0. The predicted molar refractivity (Wildman–Crippen MR) is 65.3 cm³/mol. The van der Waals surface area contributed by atoms with E-state index in [4.69, 9.17) is 5.73 Å². The SMILES string of the molecule is CCCC/C(C)=C(\CC(C)C)C(C)N. The van der Waals surface area contributed by atoms with Gasteiger partial charge in [-0.25, -0.2) is 0 Å². The van der Waals surface area contributed by atoms with Crippen LogP contribution < -0.4 is 5.73 Å². The molecule has 1 atom stereocenters. The van der Waals surface area contributed by atoms with Gasteiger partial charge >= 0.3 is 0 Å². The molecule has 0 aliphatic rings. The number of hydrogen-bond acceptors (Lipinski definition) is 1. The number of unbranched alkanes of at least 4 members (excludes halogenated alkanes) is 1. The van der Waals surface area contributed by atoms with E-state index >= 15 is 0 Å². The van der Waals surface area contributed by atoms with Gasteiger partial charge in [-0.1, -0.05) is 38.3 Å². The van der Waals surface area contributed by atoms with Gasteiger partial charge in [0.2, 0.25) is 0 Å². The zero-order valence-corrected chi connectivity index (χ0v) is 10.6. The van der Waals surface area contributed by atoms with Crippen molar-refractivity contribution in [3.63, 3.8) is 0 Å². The van der Waals surface area contributed by atoms with Crippen molar-refractivity contribution in [3.8, 4) is 0 Å². The van der Waals surface area contributed by atoms with Gasteiger partial charge in [-0.3, -0.25) is 0 Å². The zero-order chi connectivity index (χ0) is 11.1. The van der Waals surface area contributed by atoms with E-state index in [9.17, 15) is 0 Å².